The first-order valence-corrected chi connectivity index (χ1v) is 9.20. The Balaban J connectivity index is 1.72. The van der Waals surface area contributed by atoms with Gasteiger partial charge < -0.3 is 0 Å². The van der Waals surface area contributed by atoms with Crippen molar-refractivity contribution >= 4 is 40.6 Å². The number of anilines is 1. The number of rotatable bonds is 5. The average molecular weight is 378 g/mol. The first kappa shape index (κ1) is 17.9. The number of urea groups is 1. The molecule has 0 bridgehead atoms. The molecule has 5 nitrogen and oxygen atoms in total. The highest BCUT2D eigenvalue weighted by atomic mass is 35.5. The third-order valence-corrected chi connectivity index (χ3v) is 5.41. The Morgan fingerprint density at radius 2 is 1.84 bits per heavy atom. The van der Waals surface area contributed by atoms with Crippen molar-refractivity contribution in [1.82, 2.24) is 9.80 Å². The molecule has 2 aromatic rings. The molecule has 132 valence electrons. The van der Waals surface area contributed by atoms with E-state index in [1.807, 2.05) is 55.3 Å². The zero-order valence-electron chi connectivity index (χ0n) is 14.4. The van der Waals surface area contributed by atoms with Gasteiger partial charge in [-0.3, -0.25) is 14.6 Å². The number of hydrogen-bond donors (Lipinski definition) is 0. The van der Waals surface area contributed by atoms with Crippen LogP contribution >= 0.6 is 22.9 Å². The van der Waals surface area contributed by atoms with Crippen LogP contribution in [0.25, 0.3) is 0 Å². The second-order valence-corrected chi connectivity index (χ2v) is 8.09. The van der Waals surface area contributed by atoms with Crippen LogP contribution in [0.3, 0.4) is 0 Å². The average Bonchev–Trinajstić information content (AvgIpc) is 3.06. The number of imide groups is 1. The molecule has 1 aliphatic heterocycles. The third-order valence-electron chi connectivity index (χ3n) is 4.20. The quantitative estimate of drug-likeness (QED) is 0.741. The van der Waals surface area contributed by atoms with Crippen molar-refractivity contribution in [3.63, 3.8) is 0 Å². The molecule has 1 aromatic heterocycles. The molecule has 7 heteroatoms. The smallest absolute Gasteiger partial charge is 0.283 e. The molecule has 0 aliphatic carbocycles. The van der Waals surface area contributed by atoms with Gasteiger partial charge in [0, 0.05) is 17.1 Å². The number of halogens is 1. The van der Waals surface area contributed by atoms with E-state index in [1.165, 1.54) is 16.2 Å². The van der Waals surface area contributed by atoms with E-state index < -0.39 is 6.04 Å². The van der Waals surface area contributed by atoms with Gasteiger partial charge in [-0.1, -0.05) is 29.3 Å². The van der Waals surface area contributed by atoms with Crippen LogP contribution < -0.4 is 4.90 Å². The van der Waals surface area contributed by atoms with Crippen LogP contribution in [0.4, 0.5) is 10.5 Å². The number of carbonyl (C=O) groups is 2. The molecule has 1 aliphatic rings. The first-order chi connectivity index (χ1) is 11.9. The summed E-state index contributed by atoms with van der Waals surface area (Å²) in [7, 11) is 1.88. The van der Waals surface area contributed by atoms with E-state index >= 15 is 0 Å². The van der Waals surface area contributed by atoms with Gasteiger partial charge in [0.1, 0.15) is 6.04 Å². The van der Waals surface area contributed by atoms with Gasteiger partial charge in [-0.2, -0.15) is 0 Å². The molecule has 3 rings (SSSR count). The van der Waals surface area contributed by atoms with Crippen LogP contribution in [0, 0.1) is 6.92 Å². The highest BCUT2D eigenvalue weighted by Crippen LogP contribution is 2.27. The molecule has 1 fully saturated rings. The fourth-order valence-electron chi connectivity index (χ4n) is 2.89. The van der Waals surface area contributed by atoms with Gasteiger partial charge in [0.15, 0.2) is 0 Å². The van der Waals surface area contributed by atoms with Crippen LogP contribution in [0.1, 0.15) is 17.4 Å². The fraction of sp³-hybridized carbons (Fsp3) is 0.333. The van der Waals surface area contributed by atoms with E-state index in [0.717, 1.165) is 20.5 Å². The Hall–Kier alpha value is -1.89. The lowest BCUT2D eigenvalue weighted by Crippen LogP contribution is -2.40. The topological polar surface area (TPSA) is 43.9 Å². The highest BCUT2D eigenvalue weighted by Gasteiger charge is 2.43. The number of nitrogens with zero attached hydrogens (tertiary/aromatic N) is 3. The molecular formula is C18H20ClN3O2S. The van der Waals surface area contributed by atoms with E-state index in [0.29, 0.717) is 6.54 Å². The Morgan fingerprint density at radius 1 is 1.16 bits per heavy atom. The molecule has 1 saturated heterocycles. The monoisotopic (exact) mass is 377 g/mol. The summed E-state index contributed by atoms with van der Waals surface area (Å²) >= 11 is 7.45. The van der Waals surface area contributed by atoms with Crippen LogP contribution in [-0.2, 0) is 11.3 Å². The summed E-state index contributed by atoms with van der Waals surface area (Å²) in [6.07, 6.45) is 0. The molecule has 1 aromatic carbocycles. The molecule has 1 unspecified atom stereocenters. The van der Waals surface area contributed by atoms with Crippen molar-refractivity contribution in [3.8, 4) is 0 Å². The van der Waals surface area contributed by atoms with Gasteiger partial charge in [0.2, 0.25) is 0 Å². The molecule has 0 spiro atoms. The lowest BCUT2D eigenvalue weighted by molar-refractivity contribution is -0.128. The number of benzene rings is 1. The van der Waals surface area contributed by atoms with Gasteiger partial charge in [-0.25, -0.2) is 9.69 Å². The summed E-state index contributed by atoms with van der Waals surface area (Å²) in [6.45, 7) is 4.63. The van der Waals surface area contributed by atoms with Crippen molar-refractivity contribution < 1.29 is 9.59 Å². The largest absolute Gasteiger partial charge is 0.333 e. The Labute approximate surface area is 156 Å². The first-order valence-electron chi connectivity index (χ1n) is 8.01. The number of aryl methyl sites for hydroxylation is 1. The summed E-state index contributed by atoms with van der Waals surface area (Å²) < 4.78 is 0.732. The van der Waals surface area contributed by atoms with E-state index in [1.54, 1.807) is 11.8 Å². The summed E-state index contributed by atoms with van der Waals surface area (Å²) in [5, 5.41) is 0. The van der Waals surface area contributed by atoms with Crippen LogP contribution in [-0.4, -0.2) is 41.5 Å². The van der Waals surface area contributed by atoms with Crippen molar-refractivity contribution in [3.05, 3.63) is 51.2 Å². The Morgan fingerprint density at radius 3 is 2.44 bits per heavy atom. The zero-order chi connectivity index (χ0) is 18.1. The molecular weight excluding hydrogens is 358 g/mol. The second kappa shape index (κ2) is 7.15. The zero-order valence-corrected chi connectivity index (χ0v) is 16.0. The molecule has 1 atom stereocenters. The highest BCUT2D eigenvalue weighted by molar-refractivity contribution is 7.16. The summed E-state index contributed by atoms with van der Waals surface area (Å²) in [6, 6.07) is 10.7. The summed E-state index contributed by atoms with van der Waals surface area (Å²) in [4.78, 5) is 31.3. The minimum absolute atomic E-state index is 0.179. The Kier molecular flexibility index (Phi) is 5.13. The molecule has 0 N–H and O–H groups in total. The molecule has 3 amide bonds. The van der Waals surface area contributed by atoms with Crippen LogP contribution in [0.5, 0.6) is 0 Å². The summed E-state index contributed by atoms with van der Waals surface area (Å²) in [5.41, 5.74) is 1.85. The maximum atomic E-state index is 12.8. The van der Waals surface area contributed by atoms with Gasteiger partial charge in [-0.05, 0) is 45.2 Å². The standard InChI is InChI=1S/C18H20ClN3O2S/c1-12-4-6-14(7-5-12)22-13(2)17(23)21(18(22)24)11-20(3)10-15-8-9-16(19)25-15/h4-9,13H,10-11H2,1-3H3. The molecule has 0 radical (unpaired) electrons. The maximum Gasteiger partial charge on any atom is 0.333 e. The minimum atomic E-state index is -0.500. The lowest BCUT2D eigenvalue weighted by Gasteiger charge is -2.23. The van der Waals surface area contributed by atoms with Gasteiger partial charge >= 0.3 is 6.03 Å². The molecule has 2 heterocycles. The Bertz CT molecular complexity index is 790. The number of carbonyl (C=O) groups excluding carboxylic acids is 2. The second-order valence-electron chi connectivity index (χ2n) is 6.29. The fourth-order valence-corrected chi connectivity index (χ4v) is 4.06. The van der Waals surface area contributed by atoms with Crippen molar-refractivity contribution in [2.45, 2.75) is 26.4 Å². The lowest BCUT2D eigenvalue weighted by atomic mass is 10.2. The van der Waals surface area contributed by atoms with Crippen molar-refractivity contribution in [2.24, 2.45) is 0 Å². The molecule has 25 heavy (non-hydrogen) atoms. The normalized spacial score (nSPS) is 17.9. The number of amides is 3. The number of thiophene rings is 1. The minimum Gasteiger partial charge on any atom is -0.283 e. The van der Waals surface area contributed by atoms with Gasteiger partial charge in [0.05, 0.1) is 11.0 Å². The maximum absolute atomic E-state index is 12.8. The SMILES string of the molecule is Cc1ccc(N2C(=O)N(CN(C)Cc3ccc(Cl)s3)C(=O)C2C)cc1. The number of hydrogen-bond acceptors (Lipinski definition) is 4. The van der Waals surface area contributed by atoms with Gasteiger partial charge in [0.25, 0.3) is 5.91 Å². The van der Waals surface area contributed by atoms with Crippen LogP contribution in [0.2, 0.25) is 4.34 Å². The predicted octanol–water partition coefficient (Wildman–Crippen LogP) is 3.96. The van der Waals surface area contributed by atoms with Crippen molar-refractivity contribution in [1.29, 1.82) is 0 Å². The predicted molar refractivity (Wildman–Crippen MR) is 101 cm³/mol. The van der Waals surface area contributed by atoms with E-state index in [-0.39, 0.29) is 18.6 Å². The van der Waals surface area contributed by atoms with E-state index in [9.17, 15) is 9.59 Å². The third kappa shape index (κ3) is 3.71. The molecule has 0 saturated carbocycles. The van der Waals surface area contributed by atoms with E-state index in [2.05, 4.69) is 0 Å². The van der Waals surface area contributed by atoms with Crippen molar-refractivity contribution in [2.75, 3.05) is 18.6 Å². The van der Waals surface area contributed by atoms with E-state index in [4.69, 9.17) is 11.6 Å². The summed E-state index contributed by atoms with van der Waals surface area (Å²) in [5.74, 6) is -0.179. The van der Waals surface area contributed by atoms with Crippen LogP contribution in [0.15, 0.2) is 36.4 Å². The van der Waals surface area contributed by atoms with Gasteiger partial charge in [-0.15, -0.1) is 11.3 Å².